The standard InChI is InChI=1S/C8H15NO3/c1-6(5-10)7-3-9(4-7)8(11)12-2/h6-7,10H,3-5H2,1-2H3. The SMILES string of the molecule is COC(=O)N1CC(C(C)CO)C1. The second-order valence-corrected chi connectivity index (χ2v) is 3.29. The molecule has 0 aromatic carbocycles. The molecule has 1 unspecified atom stereocenters. The number of hydrogen-bond acceptors (Lipinski definition) is 3. The van der Waals surface area contributed by atoms with E-state index in [9.17, 15) is 4.79 Å². The van der Waals surface area contributed by atoms with Crippen LogP contribution >= 0.6 is 0 Å². The highest BCUT2D eigenvalue weighted by molar-refractivity contribution is 5.68. The van der Waals surface area contributed by atoms with Crippen LogP contribution in [0, 0.1) is 11.8 Å². The highest BCUT2D eigenvalue weighted by Gasteiger charge is 2.34. The number of aliphatic hydroxyl groups is 1. The monoisotopic (exact) mass is 173 g/mol. The zero-order valence-electron chi connectivity index (χ0n) is 7.49. The predicted octanol–water partition coefficient (Wildman–Crippen LogP) is 0.313. The third-order valence-electron chi connectivity index (χ3n) is 2.44. The van der Waals surface area contributed by atoms with Crippen molar-refractivity contribution < 1.29 is 14.6 Å². The van der Waals surface area contributed by atoms with Crippen molar-refractivity contribution in [1.29, 1.82) is 0 Å². The molecule has 1 rings (SSSR count). The van der Waals surface area contributed by atoms with Gasteiger partial charge in [0.25, 0.3) is 0 Å². The molecule has 0 aliphatic carbocycles. The molecule has 0 aromatic rings. The first-order valence-corrected chi connectivity index (χ1v) is 4.12. The molecule has 1 N–H and O–H groups in total. The summed E-state index contributed by atoms with van der Waals surface area (Å²) in [5.74, 6) is 0.722. The van der Waals surface area contributed by atoms with Gasteiger partial charge in [-0.3, -0.25) is 0 Å². The van der Waals surface area contributed by atoms with Crippen LogP contribution in [0.1, 0.15) is 6.92 Å². The summed E-state index contributed by atoms with van der Waals surface area (Å²) in [5.41, 5.74) is 0. The summed E-state index contributed by atoms with van der Waals surface area (Å²) in [6.07, 6.45) is -0.267. The van der Waals surface area contributed by atoms with E-state index in [1.165, 1.54) is 7.11 Å². The minimum absolute atomic E-state index is 0.194. The number of methoxy groups -OCH3 is 1. The number of hydrogen-bond donors (Lipinski definition) is 1. The van der Waals surface area contributed by atoms with Crippen LogP contribution in [-0.2, 0) is 4.74 Å². The van der Waals surface area contributed by atoms with Crippen LogP contribution in [-0.4, -0.2) is 42.9 Å². The second kappa shape index (κ2) is 3.76. The molecule has 70 valence electrons. The average molecular weight is 173 g/mol. The van der Waals surface area contributed by atoms with Crippen LogP contribution in [0.2, 0.25) is 0 Å². The zero-order valence-corrected chi connectivity index (χ0v) is 7.49. The van der Waals surface area contributed by atoms with Gasteiger partial charge in [-0.25, -0.2) is 4.79 Å². The molecule has 1 atom stereocenters. The number of likely N-dealkylation sites (tertiary alicyclic amines) is 1. The third kappa shape index (κ3) is 1.69. The van der Waals surface area contributed by atoms with Crippen LogP contribution in [0.15, 0.2) is 0 Å². The molecule has 1 amide bonds. The average Bonchev–Trinajstić information content (AvgIpc) is 2.01. The van der Waals surface area contributed by atoms with Crippen molar-refractivity contribution in [2.75, 3.05) is 26.8 Å². The quantitative estimate of drug-likeness (QED) is 0.654. The number of carbonyl (C=O) groups excluding carboxylic acids is 1. The lowest BCUT2D eigenvalue weighted by Crippen LogP contribution is -2.52. The zero-order chi connectivity index (χ0) is 9.14. The Morgan fingerprint density at radius 1 is 1.75 bits per heavy atom. The lowest BCUT2D eigenvalue weighted by molar-refractivity contribution is 0.0333. The lowest BCUT2D eigenvalue weighted by atomic mass is 9.88. The number of rotatable bonds is 2. The Morgan fingerprint density at radius 2 is 2.33 bits per heavy atom. The smallest absolute Gasteiger partial charge is 0.409 e. The van der Waals surface area contributed by atoms with E-state index in [1.54, 1.807) is 4.90 Å². The number of amides is 1. The van der Waals surface area contributed by atoms with Gasteiger partial charge in [-0.15, -0.1) is 0 Å². The van der Waals surface area contributed by atoms with E-state index in [0.717, 1.165) is 0 Å². The van der Waals surface area contributed by atoms with Crippen molar-refractivity contribution in [1.82, 2.24) is 4.90 Å². The normalized spacial score (nSPS) is 20.1. The molecule has 0 saturated carbocycles. The fourth-order valence-corrected chi connectivity index (χ4v) is 1.30. The molecular formula is C8H15NO3. The van der Waals surface area contributed by atoms with E-state index in [1.807, 2.05) is 6.92 Å². The molecule has 4 nitrogen and oxygen atoms in total. The molecule has 1 aliphatic rings. The molecule has 1 saturated heterocycles. The van der Waals surface area contributed by atoms with Gasteiger partial charge in [-0.2, -0.15) is 0 Å². The van der Waals surface area contributed by atoms with Gasteiger partial charge in [-0.05, 0) is 11.8 Å². The van der Waals surface area contributed by atoms with Crippen molar-refractivity contribution in [2.24, 2.45) is 11.8 Å². The molecule has 1 fully saturated rings. The van der Waals surface area contributed by atoms with Gasteiger partial charge in [0.15, 0.2) is 0 Å². The number of nitrogens with zero attached hydrogens (tertiary/aromatic N) is 1. The molecule has 0 aromatic heterocycles. The van der Waals surface area contributed by atoms with E-state index in [-0.39, 0.29) is 18.6 Å². The maximum absolute atomic E-state index is 10.9. The van der Waals surface area contributed by atoms with Gasteiger partial charge in [0.2, 0.25) is 0 Å². The fourth-order valence-electron chi connectivity index (χ4n) is 1.30. The van der Waals surface area contributed by atoms with Crippen molar-refractivity contribution in [3.63, 3.8) is 0 Å². The first-order valence-electron chi connectivity index (χ1n) is 4.12. The second-order valence-electron chi connectivity index (χ2n) is 3.29. The molecule has 1 aliphatic heterocycles. The largest absolute Gasteiger partial charge is 0.453 e. The summed E-state index contributed by atoms with van der Waals surface area (Å²) in [6, 6.07) is 0. The Kier molecular flexibility index (Phi) is 2.92. The van der Waals surface area contributed by atoms with Gasteiger partial charge in [0, 0.05) is 19.7 Å². The van der Waals surface area contributed by atoms with Crippen LogP contribution in [0.5, 0.6) is 0 Å². The maximum Gasteiger partial charge on any atom is 0.409 e. The number of carbonyl (C=O) groups is 1. The van der Waals surface area contributed by atoms with Crippen LogP contribution in [0.4, 0.5) is 4.79 Å². The van der Waals surface area contributed by atoms with E-state index < -0.39 is 0 Å². The Bertz CT molecular complexity index is 166. The van der Waals surface area contributed by atoms with Crippen molar-refractivity contribution in [3.8, 4) is 0 Å². The maximum atomic E-state index is 10.9. The molecule has 12 heavy (non-hydrogen) atoms. The van der Waals surface area contributed by atoms with Crippen LogP contribution < -0.4 is 0 Å². The highest BCUT2D eigenvalue weighted by Crippen LogP contribution is 2.23. The summed E-state index contributed by atoms with van der Waals surface area (Å²) in [6.45, 7) is 3.61. The first-order chi connectivity index (χ1) is 5.69. The Hall–Kier alpha value is -0.770. The van der Waals surface area contributed by atoms with Crippen molar-refractivity contribution >= 4 is 6.09 Å². The molecular weight excluding hydrogens is 158 g/mol. The Balaban J connectivity index is 2.23. The summed E-state index contributed by atoms with van der Waals surface area (Å²) in [5, 5.41) is 8.82. The van der Waals surface area contributed by atoms with Gasteiger partial charge in [0.05, 0.1) is 7.11 Å². The number of ether oxygens (including phenoxy) is 1. The molecule has 4 heteroatoms. The van der Waals surface area contributed by atoms with Gasteiger partial charge >= 0.3 is 6.09 Å². The van der Waals surface area contributed by atoms with E-state index in [0.29, 0.717) is 19.0 Å². The molecule has 1 heterocycles. The molecule has 0 radical (unpaired) electrons. The fraction of sp³-hybridized carbons (Fsp3) is 0.875. The summed E-state index contributed by atoms with van der Waals surface area (Å²) in [4.78, 5) is 12.5. The van der Waals surface area contributed by atoms with Gasteiger partial charge in [-0.1, -0.05) is 6.92 Å². The van der Waals surface area contributed by atoms with Gasteiger partial charge in [0.1, 0.15) is 0 Å². The topological polar surface area (TPSA) is 49.8 Å². The number of aliphatic hydroxyl groups excluding tert-OH is 1. The Labute approximate surface area is 72.1 Å². The van der Waals surface area contributed by atoms with E-state index in [2.05, 4.69) is 4.74 Å². The van der Waals surface area contributed by atoms with E-state index >= 15 is 0 Å². The predicted molar refractivity (Wildman–Crippen MR) is 43.7 cm³/mol. The first kappa shape index (κ1) is 9.32. The summed E-state index contributed by atoms with van der Waals surface area (Å²) >= 11 is 0. The molecule has 0 bridgehead atoms. The minimum Gasteiger partial charge on any atom is -0.453 e. The third-order valence-corrected chi connectivity index (χ3v) is 2.44. The van der Waals surface area contributed by atoms with Crippen molar-refractivity contribution in [3.05, 3.63) is 0 Å². The highest BCUT2D eigenvalue weighted by atomic mass is 16.5. The lowest BCUT2D eigenvalue weighted by Gasteiger charge is -2.40. The summed E-state index contributed by atoms with van der Waals surface area (Å²) < 4.78 is 4.54. The van der Waals surface area contributed by atoms with E-state index in [4.69, 9.17) is 5.11 Å². The van der Waals surface area contributed by atoms with Crippen molar-refractivity contribution in [2.45, 2.75) is 6.92 Å². The summed E-state index contributed by atoms with van der Waals surface area (Å²) in [7, 11) is 1.38. The van der Waals surface area contributed by atoms with Gasteiger partial charge < -0.3 is 14.7 Å². The minimum atomic E-state index is -0.267. The van der Waals surface area contributed by atoms with Crippen LogP contribution in [0.3, 0.4) is 0 Å². The Morgan fingerprint density at radius 3 is 2.75 bits per heavy atom. The van der Waals surface area contributed by atoms with Crippen LogP contribution in [0.25, 0.3) is 0 Å². The molecule has 0 spiro atoms.